The molecular weight excluding hydrogens is 450 g/mol. The minimum absolute atomic E-state index is 0.167. The molecule has 0 atom stereocenters. The lowest BCUT2D eigenvalue weighted by Crippen LogP contribution is -2.46. The van der Waals surface area contributed by atoms with E-state index < -0.39 is 16.0 Å². The van der Waals surface area contributed by atoms with Crippen LogP contribution in [0.25, 0.3) is 0 Å². The fourth-order valence-corrected chi connectivity index (χ4v) is 5.86. The largest absolute Gasteiger partial charge is 0.462 e. The predicted molar refractivity (Wildman–Crippen MR) is 125 cm³/mol. The van der Waals surface area contributed by atoms with Crippen LogP contribution in [-0.2, 0) is 26.0 Å². The summed E-state index contributed by atoms with van der Waals surface area (Å²) in [4.78, 5) is 28.0. The number of nitrogens with one attached hydrogen (secondary N) is 2. The van der Waals surface area contributed by atoms with E-state index in [-0.39, 0.29) is 30.0 Å². The summed E-state index contributed by atoms with van der Waals surface area (Å²) in [6.07, 6.45) is 2.00. The predicted octanol–water partition coefficient (Wildman–Crippen LogP) is 2.87. The topological polar surface area (TPSA) is 105 Å². The Morgan fingerprint density at radius 2 is 1.84 bits per heavy atom. The molecule has 1 aliphatic heterocycles. The Kier molecular flexibility index (Phi) is 8.41. The van der Waals surface area contributed by atoms with E-state index in [4.69, 9.17) is 4.74 Å². The van der Waals surface area contributed by atoms with Crippen LogP contribution in [0.4, 0.5) is 5.00 Å². The zero-order valence-corrected chi connectivity index (χ0v) is 19.9. The first-order chi connectivity index (χ1) is 15.3. The Bertz CT molecular complexity index is 1030. The maximum Gasteiger partial charge on any atom is 0.341 e. The highest BCUT2D eigenvalue weighted by Gasteiger charge is 2.26. The highest BCUT2D eigenvalue weighted by Crippen LogP contribution is 2.29. The second-order valence-electron chi connectivity index (χ2n) is 7.56. The van der Waals surface area contributed by atoms with Gasteiger partial charge >= 0.3 is 5.97 Å². The molecule has 8 nitrogen and oxygen atoms in total. The van der Waals surface area contributed by atoms with Gasteiger partial charge in [-0.3, -0.25) is 9.69 Å². The van der Waals surface area contributed by atoms with Crippen molar-refractivity contribution in [1.29, 1.82) is 0 Å². The molecular formula is C22H29N3O5S2. The summed E-state index contributed by atoms with van der Waals surface area (Å²) in [6, 6.07) is 9.90. The van der Waals surface area contributed by atoms with Gasteiger partial charge in [0, 0.05) is 24.0 Å². The number of rotatable bonds is 9. The van der Waals surface area contributed by atoms with Gasteiger partial charge in [-0.2, -0.15) is 0 Å². The van der Waals surface area contributed by atoms with Crippen molar-refractivity contribution in [2.75, 3.05) is 31.6 Å². The van der Waals surface area contributed by atoms with Crippen LogP contribution in [0.15, 0.2) is 41.3 Å². The number of nitrogens with zero attached hydrogens (tertiary/aromatic N) is 1. The van der Waals surface area contributed by atoms with Crippen molar-refractivity contribution in [2.24, 2.45) is 0 Å². The van der Waals surface area contributed by atoms with Crippen molar-refractivity contribution in [2.45, 2.75) is 44.0 Å². The highest BCUT2D eigenvalue weighted by molar-refractivity contribution is 7.89. The molecule has 1 aliphatic rings. The minimum Gasteiger partial charge on any atom is -0.462 e. The number of amides is 1. The molecule has 3 rings (SSSR count). The average Bonchev–Trinajstić information content (AvgIpc) is 3.18. The maximum absolute atomic E-state index is 12.6. The zero-order valence-electron chi connectivity index (χ0n) is 18.3. The first-order valence-corrected chi connectivity index (χ1v) is 13.0. The van der Waals surface area contributed by atoms with Crippen molar-refractivity contribution in [3.05, 3.63) is 46.8 Å². The van der Waals surface area contributed by atoms with Crippen molar-refractivity contribution in [3.8, 4) is 0 Å². The number of thiophene rings is 1. The number of benzene rings is 1. The van der Waals surface area contributed by atoms with Crippen molar-refractivity contribution < 1.29 is 22.7 Å². The number of ether oxygens (including phenoxy) is 1. The number of sulfonamides is 1. The van der Waals surface area contributed by atoms with Gasteiger partial charge in [0.2, 0.25) is 15.9 Å². The number of carbonyl (C=O) groups is 2. The standard InChI is InChI=1S/C22H29N3O5S2/c1-3-17-14-19(22(27)30-4-2)21(31-17)23-20(26)15-25-12-10-16(11-13-25)24-32(28,29)18-8-6-5-7-9-18/h5-9,14,16,24H,3-4,10-13,15H2,1-2H3,(H,23,26). The third kappa shape index (κ3) is 6.38. The molecule has 0 aliphatic carbocycles. The molecule has 0 spiro atoms. The first-order valence-electron chi connectivity index (χ1n) is 10.7. The number of aryl methyl sites for hydroxylation is 1. The second kappa shape index (κ2) is 11.0. The van der Waals surface area contributed by atoms with E-state index in [1.807, 2.05) is 11.8 Å². The molecule has 1 aromatic carbocycles. The minimum atomic E-state index is -3.55. The summed E-state index contributed by atoms with van der Waals surface area (Å²) < 4.78 is 32.8. The fourth-order valence-electron chi connectivity index (χ4n) is 3.53. The molecule has 1 amide bonds. The van der Waals surface area contributed by atoms with E-state index in [1.54, 1.807) is 43.3 Å². The molecule has 1 aromatic heterocycles. The molecule has 2 heterocycles. The first kappa shape index (κ1) is 24.4. The average molecular weight is 480 g/mol. The summed E-state index contributed by atoms with van der Waals surface area (Å²) in [6.45, 7) is 5.39. The molecule has 0 unspecified atom stereocenters. The highest BCUT2D eigenvalue weighted by atomic mass is 32.2. The van der Waals surface area contributed by atoms with E-state index in [0.29, 0.717) is 36.5 Å². The van der Waals surface area contributed by atoms with Gasteiger partial charge < -0.3 is 10.1 Å². The number of hydrogen-bond acceptors (Lipinski definition) is 7. The maximum atomic E-state index is 12.6. The van der Waals surface area contributed by atoms with Gasteiger partial charge in [0.1, 0.15) is 5.00 Å². The normalized spacial score (nSPS) is 15.4. The van der Waals surface area contributed by atoms with Crippen molar-refractivity contribution in [1.82, 2.24) is 9.62 Å². The third-order valence-electron chi connectivity index (χ3n) is 5.21. The van der Waals surface area contributed by atoms with Gasteiger partial charge in [0.15, 0.2) is 0 Å². The van der Waals surface area contributed by atoms with Gasteiger partial charge in [-0.15, -0.1) is 11.3 Å². The van der Waals surface area contributed by atoms with Gasteiger partial charge in [-0.25, -0.2) is 17.9 Å². The van der Waals surface area contributed by atoms with Crippen LogP contribution < -0.4 is 10.0 Å². The second-order valence-corrected chi connectivity index (χ2v) is 10.4. The van der Waals surface area contributed by atoms with Gasteiger partial charge in [-0.1, -0.05) is 25.1 Å². The zero-order chi connectivity index (χ0) is 23.1. The van der Waals surface area contributed by atoms with Gasteiger partial charge in [0.05, 0.1) is 23.6 Å². The molecule has 10 heteroatoms. The lowest BCUT2D eigenvalue weighted by Gasteiger charge is -2.31. The summed E-state index contributed by atoms with van der Waals surface area (Å²) in [7, 11) is -3.55. The van der Waals surface area contributed by atoms with Crippen molar-refractivity contribution in [3.63, 3.8) is 0 Å². The number of anilines is 1. The SMILES string of the molecule is CCOC(=O)c1cc(CC)sc1NC(=O)CN1CCC(NS(=O)(=O)c2ccccc2)CC1. The number of likely N-dealkylation sites (tertiary alicyclic amines) is 1. The smallest absolute Gasteiger partial charge is 0.341 e. The van der Waals surface area contributed by atoms with Gasteiger partial charge in [-0.05, 0) is 44.4 Å². The summed E-state index contributed by atoms with van der Waals surface area (Å²) in [5, 5.41) is 3.36. The van der Waals surface area contributed by atoms with Crippen LogP contribution in [0, 0.1) is 0 Å². The summed E-state index contributed by atoms with van der Waals surface area (Å²) in [5.41, 5.74) is 0.385. The van der Waals surface area contributed by atoms with E-state index >= 15 is 0 Å². The molecule has 0 radical (unpaired) electrons. The molecule has 32 heavy (non-hydrogen) atoms. The monoisotopic (exact) mass is 479 g/mol. The van der Waals surface area contributed by atoms with Crippen LogP contribution in [0.1, 0.15) is 41.9 Å². The lowest BCUT2D eigenvalue weighted by atomic mass is 10.1. The van der Waals surface area contributed by atoms with E-state index in [9.17, 15) is 18.0 Å². The molecule has 0 saturated carbocycles. The fraction of sp³-hybridized carbons (Fsp3) is 0.455. The quantitative estimate of drug-likeness (QED) is 0.536. The Balaban J connectivity index is 1.52. The van der Waals surface area contributed by atoms with Gasteiger partial charge in [0.25, 0.3) is 0 Å². The van der Waals surface area contributed by atoms with Crippen LogP contribution >= 0.6 is 11.3 Å². The van der Waals surface area contributed by atoms with Crippen LogP contribution in [0.3, 0.4) is 0 Å². The lowest BCUT2D eigenvalue weighted by molar-refractivity contribution is -0.117. The molecule has 1 saturated heterocycles. The Hall–Kier alpha value is -2.27. The van der Waals surface area contributed by atoms with Crippen LogP contribution in [-0.4, -0.2) is 57.5 Å². The number of piperidine rings is 1. The Labute approximate surface area is 193 Å². The van der Waals surface area contributed by atoms with Crippen molar-refractivity contribution >= 4 is 38.2 Å². The number of hydrogen-bond donors (Lipinski definition) is 2. The molecule has 2 aromatic rings. The Morgan fingerprint density at radius 1 is 1.16 bits per heavy atom. The van der Waals surface area contributed by atoms with E-state index in [2.05, 4.69) is 10.0 Å². The number of esters is 1. The van der Waals surface area contributed by atoms with Crippen LogP contribution in [0.5, 0.6) is 0 Å². The number of carbonyl (C=O) groups excluding carboxylic acids is 2. The molecule has 1 fully saturated rings. The molecule has 2 N–H and O–H groups in total. The van der Waals surface area contributed by atoms with E-state index in [0.717, 1.165) is 11.3 Å². The molecule has 0 bridgehead atoms. The van der Waals surface area contributed by atoms with E-state index in [1.165, 1.54) is 11.3 Å². The third-order valence-corrected chi connectivity index (χ3v) is 7.94. The summed E-state index contributed by atoms with van der Waals surface area (Å²) in [5.74, 6) is -0.645. The molecule has 174 valence electrons. The Morgan fingerprint density at radius 3 is 2.47 bits per heavy atom. The van der Waals surface area contributed by atoms with Crippen LogP contribution in [0.2, 0.25) is 0 Å². The summed E-state index contributed by atoms with van der Waals surface area (Å²) >= 11 is 1.38.